The van der Waals surface area contributed by atoms with E-state index in [-0.39, 0.29) is 17.1 Å². The zero-order valence-corrected chi connectivity index (χ0v) is 21.4. The van der Waals surface area contributed by atoms with Crippen molar-refractivity contribution in [3.8, 4) is 5.75 Å². The molecule has 1 aliphatic rings. The smallest absolute Gasteiger partial charge is 0.290 e. The van der Waals surface area contributed by atoms with E-state index < -0.39 is 6.04 Å². The third-order valence-electron chi connectivity index (χ3n) is 7.30. The molecule has 4 aromatic rings. The first-order valence-corrected chi connectivity index (χ1v) is 12.4. The van der Waals surface area contributed by atoms with Gasteiger partial charge in [0, 0.05) is 6.54 Å². The Morgan fingerprint density at radius 3 is 2.25 bits per heavy atom. The number of carbonyl (C=O) groups excluding carboxylic acids is 1. The van der Waals surface area contributed by atoms with E-state index in [1.54, 1.807) is 12.0 Å². The first kappa shape index (κ1) is 23.9. The van der Waals surface area contributed by atoms with Crippen LogP contribution >= 0.6 is 0 Å². The van der Waals surface area contributed by atoms with Crippen molar-refractivity contribution >= 4 is 16.9 Å². The van der Waals surface area contributed by atoms with E-state index in [9.17, 15) is 9.59 Å². The lowest BCUT2D eigenvalue weighted by molar-refractivity contribution is 0.0730. The Balaban J connectivity index is 1.61. The van der Waals surface area contributed by atoms with Gasteiger partial charge in [0.1, 0.15) is 11.3 Å². The van der Waals surface area contributed by atoms with Crippen LogP contribution < -0.4 is 10.2 Å². The molecule has 1 aromatic heterocycles. The maximum Gasteiger partial charge on any atom is 0.290 e. The quantitative estimate of drug-likeness (QED) is 0.323. The molecule has 0 saturated heterocycles. The summed E-state index contributed by atoms with van der Waals surface area (Å²) in [5, 5.41) is 0.519. The van der Waals surface area contributed by atoms with E-state index in [0.29, 0.717) is 35.4 Å². The van der Waals surface area contributed by atoms with E-state index in [0.717, 1.165) is 28.0 Å². The van der Waals surface area contributed by atoms with Crippen LogP contribution in [-0.2, 0) is 6.42 Å². The standard InChI is InChI=1S/C31H31NO4/c1-18(2)22-8-10-23(11-9-22)28-27-29(33)25-16-19(3)20(4)17-26(25)36-30(27)31(34)32(28)15-14-21-6-12-24(35-5)13-7-21/h6-13,16-18,28H,14-15H2,1-5H3/t28-/m1/s1. The predicted octanol–water partition coefficient (Wildman–Crippen LogP) is 6.33. The highest BCUT2D eigenvalue weighted by molar-refractivity contribution is 5.99. The van der Waals surface area contributed by atoms with Gasteiger partial charge < -0.3 is 14.1 Å². The van der Waals surface area contributed by atoms with Crippen LogP contribution in [0.5, 0.6) is 5.75 Å². The minimum Gasteiger partial charge on any atom is -0.497 e. The van der Waals surface area contributed by atoms with Crippen molar-refractivity contribution in [2.75, 3.05) is 13.7 Å². The first-order chi connectivity index (χ1) is 17.3. The predicted molar refractivity (Wildman–Crippen MR) is 142 cm³/mol. The fourth-order valence-electron chi connectivity index (χ4n) is 4.96. The molecule has 184 valence electrons. The Morgan fingerprint density at radius 1 is 0.944 bits per heavy atom. The Bertz CT molecular complexity index is 1500. The molecule has 3 aromatic carbocycles. The summed E-state index contributed by atoms with van der Waals surface area (Å²) in [6, 6.07) is 19.3. The SMILES string of the molecule is COc1ccc(CCN2C(=O)c3oc4cc(C)c(C)cc4c(=O)c3[C@H]2c2ccc(C(C)C)cc2)cc1. The summed E-state index contributed by atoms with van der Waals surface area (Å²) in [5.41, 5.74) is 6.02. The molecule has 0 spiro atoms. The number of hydrogen-bond donors (Lipinski definition) is 0. The third kappa shape index (κ3) is 4.09. The van der Waals surface area contributed by atoms with Crippen LogP contribution in [0.3, 0.4) is 0 Å². The van der Waals surface area contributed by atoms with Crippen LogP contribution in [0.25, 0.3) is 11.0 Å². The number of fused-ring (bicyclic) bond motifs is 2. The van der Waals surface area contributed by atoms with Crippen molar-refractivity contribution in [1.82, 2.24) is 4.90 Å². The molecule has 2 heterocycles. The number of methoxy groups -OCH3 is 1. The zero-order chi connectivity index (χ0) is 25.6. The molecule has 0 unspecified atom stereocenters. The molecule has 1 aliphatic heterocycles. The molecular formula is C31H31NO4. The summed E-state index contributed by atoms with van der Waals surface area (Å²) in [6.07, 6.45) is 0.649. The number of nitrogens with zero attached hydrogens (tertiary/aromatic N) is 1. The molecule has 5 heteroatoms. The molecule has 0 aliphatic carbocycles. The Labute approximate surface area is 211 Å². The Hall–Kier alpha value is -3.86. The van der Waals surface area contributed by atoms with E-state index in [2.05, 4.69) is 26.0 Å². The van der Waals surface area contributed by atoms with Gasteiger partial charge in [0.05, 0.1) is 24.1 Å². The fourth-order valence-corrected chi connectivity index (χ4v) is 4.96. The summed E-state index contributed by atoms with van der Waals surface area (Å²) in [6.45, 7) is 8.71. The Kier molecular flexibility index (Phi) is 6.17. The molecule has 0 fully saturated rings. The average Bonchev–Trinajstić information content (AvgIpc) is 3.16. The number of ether oxygens (including phenoxy) is 1. The first-order valence-electron chi connectivity index (χ1n) is 12.4. The summed E-state index contributed by atoms with van der Waals surface area (Å²) in [5.74, 6) is 1.10. The lowest BCUT2D eigenvalue weighted by Crippen LogP contribution is -2.31. The van der Waals surface area contributed by atoms with Gasteiger partial charge in [-0.15, -0.1) is 0 Å². The fraction of sp³-hybridized carbons (Fsp3) is 0.290. The summed E-state index contributed by atoms with van der Waals surface area (Å²) in [4.78, 5) is 29.3. The highest BCUT2D eigenvalue weighted by Crippen LogP contribution is 2.39. The van der Waals surface area contributed by atoms with Gasteiger partial charge in [-0.3, -0.25) is 9.59 Å². The largest absolute Gasteiger partial charge is 0.497 e. The van der Waals surface area contributed by atoms with E-state index >= 15 is 0 Å². The van der Waals surface area contributed by atoms with E-state index in [4.69, 9.17) is 9.15 Å². The topological polar surface area (TPSA) is 59.8 Å². The molecule has 36 heavy (non-hydrogen) atoms. The number of amides is 1. The summed E-state index contributed by atoms with van der Waals surface area (Å²) < 4.78 is 11.4. The second kappa shape index (κ2) is 9.30. The molecule has 5 rings (SSSR count). The Morgan fingerprint density at radius 2 is 1.61 bits per heavy atom. The van der Waals surface area contributed by atoms with Crippen molar-refractivity contribution in [1.29, 1.82) is 0 Å². The van der Waals surface area contributed by atoms with Crippen molar-refractivity contribution in [3.63, 3.8) is 0 Å². The normalized spacial score (nSPS) is 15.1. The number of rotatable bonds is 6. The molecule has 5 nitrogen and oxygen atoms in total. The van der Waals surface area contributed by atoms with Crippen molar-refractivity contribution < 1.29 is 13.9 Å². The highest BCUT2D eigenvalue weighted by Gasteiger charge is 2.42. The molecule has 0 bridgehead atoms. The number of aryl methyl sites for hydroxylation is 2. The van der Waals surface area contributed by atoms with Crippen LogP contribution in [-0.4, -0.2) is 24.5 Å². The van der Waals surface area contributed by atoms with Gasteiger partial charge in [-0.2, -0.15) is 0 Å². The monoisotopic (exact) mass is 481 g/mol. The molecule has 0 saturated carbocycles. The maximum absolute atomic E-state index is 13.8. The van der Waals surface area contributed by atoms with Crippen LogP contribution in [0.1, 0.15) is 69.7 Å². The van der Waals surface area contributed by atoms with Crippen LogP contribution in [0, 0.1) is 13.8 Å². The summed E-state index contributed by atoms with van der Waals surface area (Å²) in [7, 11) is 1.64. The minimum atomic E-state index is -0.491. The van der Waals surface area contributed by atoms with Gasteiger partial charge in [-0.25, -0.2) is 0 Å². The van der Waals surface area contributed by atoms with E-state index in [1.165, 1.54) is 5.56 Å². The van der Waals surface area contributed by atoms with Gasteiger partial charge in [0.25, 0.3) is 5.91 Å². The lowest BCUT2D eigenvalue weighted by Gasteiger charge is -2.25. The van der Waals surface area contributed by atoms with Crippen molar-refractivity contribution in [2.24, 2.45) is 0 Å². The molecule has 0 N–H and O–H groups in total. The van der Waals surface area contributed by atoms with Crippen molar-refractivity contribution in [3.05, 3.63) is 110 Å². The van der Waals surface area contributed by atoms with Gasteiger partial charge >= 0.3 is 0 Å². The third-order valence-corrected chi connectivity index (χ3v) is 7.30. The molecule has 1 amide bonds. The van der Waals surface area contributed by atoms with Gasteiger partial charge in [-0.1, -0.05) is 50.2 Å². The van der Waals surface area contributed by atoms with Crippen LogP contribution in [0.15, 0.2) is 69.9 Å². The van der Waals surface area contributed by atoms with Crippen molar-refractivity contribution in [2.45, 2.75) is 46.1 Å². The van der Waals surface area contributed by atoms with Crippen LogP contribution in [0.4, 0.5) is 0 Å². The molecular weight excluding hydrogens is 450 g/mol. The highest BCUT2D eigenvalue weighted by atomic mass is 16.5. The van der Waals surface area contributed by atoms with Gasteiger partial charge in [0.15, 0.2) is 5.43 Å². The molecule has 0 radical (unpaired) electrons. The zero-order valence-electron chi connectivity index (χ0n) is 21.4. The van der Waals surface area contributed by atoms with Gasteiger partial charge in [0.2, 0.25) is 5.76 Å². The maximum atomic E-state index is 13.8. The summed E-state index contributed by atoms with van der Waals surface area (Å²) >= 11 is 0. The number of carbonyl (C=O) groups is 1. The minimum absolute atomic E-state index is 0.132. The average molecular weight is 482 g/mol. The lowest BCUT2D eigenvalue weighted by atomic mass is 9.94. The second-order valence-electron chi connectivity index (χ2n) is 9.93. The number of hydrogen-bond acceptors (Lipinski definition) is 4. The second-order valence-corrected chi connectivity index (χ2v) is 9.93. The van der Waals surface area contributed by atoms with Gasteiger partial charge in [-0.05, 0) is 78.3 Å². The van der Waals surface area contributed by atoms with E-state index in [1.807, 2.05) is 62.4 Å². The van der Waals surface area contributed by atoms with Crippen LogP contribution in [0.2, 0.25) is 0 Å². The number of benzene rings is 3. The molecule has 1 atom stereocenters.